The molecule has 7 nitrogen and oxygen atoms in total. The van der Waals surface area contributed by atoms with Crippen LogP contribution in [-0.4, -0.2) is 59.3 Å². The zero-order valence-electron chi connectivity index (χ0n) is 14.9. The van der Waals surface area contributed by atoms with E-state index in [-0.39, 0.29) is 24.7 Å². The lowest BCUT2D eigenvalue weighted by Crippen LogP contribution is -2.52. The number of nitrogens with zero attached hydrogens (tertiary/aromatic N) is 2. The number of rotatable bonds is 6. The minimum Gasteiger partial charge on any atom is -0.475 e. The fourth-order valence-corrected chi connectivity index (χ4v) is 4.73. The van der Waals surface area contributed by atoms with Gasteiger partial charge in [-0.25, -0.2) is 0 Å². The molecule has 1 spiro atoms. The highest BCUT2D eigenvalue weighted by Gasteiger charge is 2.66. The number of hydrogen-bond donors (Lipinski definition) is 2. The molecule has 7 heteroatoms. The number of hydrogen-bond acceptors (Lipinski definition) is 7. The summed E-state index contributed by atoms with van der Waals surface area (Å²) in [5, 5.41) is 25.2. The lowest BCUT2D eigenvalue weighted by atomic mass is 9.64. The Labute approximate surface area is 147 Å². The molecular weight excluding hydrogens is 324 g/mol. The minimum absolute atomic E-state index is 0.00130. The summed E-state index contributed by atoms with van der Waals surface area (Å²) in [6.45, 7) is 2.49. The van der Waals surface area contributed by atoms with Crippen molar-refractivity contribution in [3.05, 3.63) is 23.0 Å². The number of fused-ring (bicyclic) bond motifs is 2. The molecule has 1 fully saturated rings. The monoisotopic (exact) mass is 350 g/mol. The van der Waals surface area contributed by atoms with Gasteiger partial charge in [0.1, 0.15) is 11.7 Å². The number of unbranched alkanes of at least 4 members (excludes halogenated alkanes) is 1. The maximum atomic E-state index is 11.3. The first kappa shape index (κ1) is 17.0. The third-order valence-corrected chi connectivity index (χ3v) is 5.79. The van der Waals surface area contributed by atoms with Gasteiger partial charge in [0.2, 0.25) is 0 Å². The van der Waals surface area contributed by atoms with Gasteiger partial charge in [0.25, 0.3) is 5.88 Å². The second-order valence-electron chi connectivity index (χ2n) is 7.42. The molecule has 3 aliphatic rings. The lowest BCUT2D eigenvalue weighted by Gasteiger charge is -2.46. The number of aliphatic hydroxyl groups excluding tert-OH is 2. The Morgan fingerprint density at radius 3 is 2.92 bits per heavy atom. The topological polar surface area (TPSA) is 88.2 Å². The van der Waals surface area contributed by atoms with Gasteiger partial charge in [0.05, 0.1) is 30.9 Å². The van der Waals surface area contributed by atoms with Gasteiger partial charge in [-0.1, -0.05) is 19.4 Å². The number of ether oxygens (including phenoxy) is 2. The Morgan fingerprint density at radius 1 is 1.44 bits per heavy atom. The molecule has 2 bridgehead atoms. The predicted molar refractivity (Wildman–Crippen MR) is 89.2 cm³/mol. The van der Waals surface area contributed by atoms with E-state index in [1.807, 2.05) is 20.2 Å². The van der Waals surface area contributed by atoms with Crippen LogP contribution in [0.5, 0.6) is 5.88 Å². The highest BCUT2D eigenvalue weighted by Crippen LogP contribution is 2.63. The van der Waals surface area contributed by atoms with E-state index in [0.717, 1.165) is 24.8 Å². The third-order valence-electron chi connectivity index (χ3n) is 5.79. The maximum Gasteiger partial charge on any atom is 0.260 e. The van der Waals surface area contributed by atoms with Crippen molar-refractivity contribution in [2.75, 3.05) is 27.3 Å². The highest BCUT2D eigenvalue weighted by atomic mass is 16.6. The van der Waals surface area contributed by atoms with E-state index in [1.54, 1.807) is 0 Å². The summed E-state index contributed by atoms with van der Waals surface area (Å²) in [5.74, 6) is 0.985. The third kappa shape index (κ3) is 2.23. The molecule has 4 rings (SSSR count). The molecule has 1 aromatic rings. The summed E-state index contributed by atoms with van der Waals surface area (Å²) < 4.78 is 17.6. The molecule has 0 saturated carbocycles. The molecule has 25 heavy (non-hydrogen) atoms. The van der Waals surface area contributed by atoms with Crippen LogP contribution in [0.25, 0.3) is 0 Å². The summed E-state index contributed by atoms with van der Waals surface area (Å²) >= 11 is 0. The van der Waals surface area contributed by atoms with Crippen LogP contribution in [0.3, 0.4) is 0 Å². The van der Waals surface area contributed by atoms with Gasteiger partial charge < -0.3 is 24.2 Å². The molecule has 5 atom stereocenters. The van der Waals surface area contributed by atoms with Crippen molar-refractivity contribution in [2.45, 2.75) is 50.0 Å². The predicted octanol–water partition coefficient (Wildman–Crippen LogP) is 1.58. The Bertz CT molecular complexity index is 685. The molecule has 2 aliphatic heterocycles. The highest BCUT2D eigenvalue weighted by molar-refractivity contribution is 5.47. The Balaban J connectivity index is 1.80. The average Bonchev–Trinajstić information content (AvgIpc) is 3.26. The van der Waals surface area contributed by atoms with Gasteiger partial charge in [-0.15, -0.1) is 0 Å². The van der Waals surface area contributed by atoms with Crippen molar-refractivity contribution < 1.29 is 24.2 Å². The van der Waals surface area contributed by atoms with Crippen LogP contribution in [0.2, 0.25) is 0 Å². The number of aromatic nitrogens is 1. The van der Waals surface area contributed by atoms with E-state index < -0.39 is 11.7 Å². The van der Waals surface area contributed by atoms with Crippen LogP contribution >= 0.6 is 0 Å². The van der Waals surface area contributed by atoms with Crippen molar-refractivity contribution in [3.8, 4) is 5.88 Å². The molecule has 2 N–H and O–H groups in total. The summed E-state index contributed by atoms with van der Waals surface area (Å²) in [6, 6.07) is -0.0883. The summed E-state index contributed by atoms with van der Waals surface area (Å²) in [7, 11) is 3.96. The average molecular weight is 350 g/mol. The molecule has 0 radical (unpaired) electrons. The molecule has 0 aromatic carbocycles. The standard InChI is InChI=1S/C18H26N2O5/c1-4-5-6-23-17-13-15(25-19-17)14(20(2)3)12-8-11-7-10(9-21)18(12,24-11)16(13)22/h7,11-12,14,16,21-22H,4-6,8-9H2,1-3H3/t11-,12-,14-,16-,18+/m0/s1. The van der Waals surface area contributed by atoms with Crippen LogP contribution in [0.1, 0.15) is 49.7 Å². The van der Waals surface area contributed by atoms with E-state index in [1.165, 1.54) is 0 Å². The lowest BCUT2D eigenvalue weighted by molar-refractivity contribution is -0.116. The van der Waals surface area contributed by atoms with Gasteiger partial charge in [-0.2, -0.15) is 0 Å². The first-order chi connectivity index (χ1) is 12.0. The smallest absolute Gasteiger partial charge is 0.260 e. The van der Waals surface area contributed by atoms with E-state index in [0.29, 0.717) is 23.8 Å². The van der Waals surface area contributed by atoms with E-state index in [4.69, 9.17) is 14.0 Å². The molecule has 0 unspecified atom stereocenters. The van der Waals surface area contributed by atoms with Gasteiger partial charge in [0.15, 0.2) is 5.76 Å². The summed E-state index contributed by atoms with van der Waals surface area (Å²) in [6.07, 6.45) is 3.61. The van der Waals surface area contributed by atoms with Crippen LogP contribution < -0.4 is 4.74 Å². The second kappa shape index (κ2) is 6.09. The van der Waals surface area contributed by atoms with Crippen molar-refractivity contribution >= 4 is 0 Å². The van der Waals surface area contributed by atoms with Crippen LogP contribution in [0.4, 0.5) is 0 Å². The zero-order chi connectivity index (χ0) is 17.8. The van der Waals surface area contributed by atoms with Crippen molar-refractivity contribution in [1.82, 2.24) is 10.1 Å². The Kier molecular flexibility index (Phi) is 4.15. The van der Waals surface area contributed by atoms with E-state index >= 15 is 0 Å². The first-order valence-electron chi connectivity index (χ1n) is 9.01. The second-order valence-corrected chi connectivity index (χ2v) is 7.42. The van der Waals surface area contributed by atoms with Crippen LogP contribution in [0.15, 0.2) is 16.2 Å². The fourth-order valence-electron chi connectivity index (χ4n) is 4.73. The largest absolute Gasteiger partial charge is 0.475 e. The van der Waals surface area contributed by atoms with Gasteiger partial charge in [-0.05, 0) is 37.7 Å². The van der Waals surface area contributed by atoms with Gasteiger partial charge >= 0.3 is 0 Å². The van der Waals surface area contributed by atoms with Crippen LogP contribution in [-0.2, 0) is 4.74 Å². The minimum atomic E-state index is -0.961. The summed E-state index contributed by atoms with van der Waals surface area (Å²) in [5.41, 5.74) is 0.392. The molecular formula is C18H26N2O5. The normalized spacial score (nSPS) is 35.7. The van der Waals surface area contributed by atoms with Crippen molar-refractivity contribution in [1.29, 1.82) is 0 Å². The fraction of sp³-hybridized carbons (Fsp3) is 0.722. The summed E-state index contributed by atoms with van der Waals surface area (Å²) in [4.78, 5) is 2.07. The van der Waals surface area contributed by atoms with Crippen molar-refractivity contribution in [3.63, 3.8) is 0 Å². The zero-order valence-corrected chi connectivity index (χ0v) is 14.9. The van der Waals surface area contributed by atoms with Crippen molar-refractivity contribution in [2.24, 2.45) is 5.92 Å². The molecule has 1 aliphatic carbocycles. The van der Waals surface area contributed by atoms with E-state index in [9.17, 15) is 10.2 Å². The number of aliphatic hydroxyl groups is 2. The quantitative estimate of drug-likeness (QED) is 0.595. The molecule has 1 aromatic heterocycles. The molecule has 138 valence electrons. The van der Waals surface area contributed by atoms with Gasteiger partial charge in [0, 0.05) is 5.92 Å². The Hall–Kier alpha value is -1.41. The van der Waals surface area contributed by atoms with Crippen LogP contribution in [0, 0.1) is 5.92 Å². The molecule has 1 saturated heterocycles. The molecule has 0 amide bonds. The maximum absolute atomic E-state index is 11.3. The molecule has 3 heterocycles. The van der Waals surface area contributed by atoms with Gasteiger partial charge in [-0.3, -0.25) is 4.90 Å². The SMILES string of the molecule is CCCCOc1noc2c1[C@H](O)[C@@]13O[C@@H](C=C1CO)C[C@H]3[C@@H]2N(C)C. The van der Waals surface area contributed by atoms with E-state index in [2.05, 4.69) is 17.0 Å². The first-order valence-corrected chi connectivity index (χ1v) is 9.01. The Morgan fingerprint density at radius 2 is 2.24 bits per heavy atom.